The average molecular weight is 490 g/mol. The van der Waals surface area contributed by atoms with Crippen LogP contribution in [0.1, 0.15) is 42.3 Å². The number of para-hydroxylation sites is 1. The third kappa shape index (κ3) is 6.64. The molecule has 1 atom stereocenters. The van der Waals surface area contributed by atoms with E-state index in [9.17, 15) is 22.8 Å². The van der Waals surface area contributed by atoms with E-state index in [4.69, 9.17) is 4.74 Å². The summed E-state index contributed by atoms with van der Waals surface area (Å²) in [5.41, 5.74) is 2.59. The molecular formula is C24H31N3O6S. The number of hydrogen-bond donors (Lipinski definition) is 2. The molecule has 0 aliphatic heterocycles. The lowest BCUT2D eigenvalue weighted by Crippen LogP contribution is -2.40. The van der Waals surface area contributed by atoms with Gasteiger partial charge >= 0.3 is 5.97 Å². The lowest BCUT2D eigenvalue weighted by molar-refractivity contribution is -0.130. The average Bonchev–Trinajstić information content (AvgIpc) is 2.80. The van der Waals surface area contributed by atoms with Crippen molar-refractivity contribution in [3.05, 3.63) is 59.2 Å². The Labute approximate surface area is 200 Å². The molecule has 2 N–H and O–H groups in total. The highest BCUT2D eigenvalue weighted by atomic mass is 32.2. The number of carbonyl (C=O) groups excluding carboxylic acids is 3. The highest BCUT2D eigenvalue weighted by Gasteiger charge is 2.23. The summed E-state index contributed by atoms with van der Waals surface area (Å²) in [6, 6.07) is 10.9. The van der Waals surface area contributed by atoms with Gasteiger partial charge in [-0.05, 0) is 56.2 Å². The maximum Gasteiger partial charge on any atom is 0.338 e. The van der Waals surface area contributed by atoms with Gasteiger partial charge in [0.05, 0.1) is 17.0 Å². The number of amides is 2. The van der Waals surface area contributed by atoms with Gasteiger partial charge in [-0.1, -0.05) is 32.0 Å². The molecule has 0 radical (unpaired) electrons. The smallest absolute Gasteiger partial charge is 0.338 e. The maximum absolute atomic E-state index is 12.5. The van der Waals surface area contributed by atoms with E-state index in [1.54, 1.807) is 13.8 Å². The first-order valence-electron chi connectivity index (χ1n) is 11.0. The van der Waals surface area contributed by atoms with Gasteiger partial charge in [-0.3, -0.25) is 9.59 Å². The molecule has 9 nitrogen and oxygen atoms in total. The minimum atomic E-state index is -3.64. The Kier molecular flexibility index (Phi) is 9.34. The Morgan fingerprint density at radius 2 is 1.53 bits per heavy atom. The minimum absolute atomic E-state index is 0.0634. The fraction of sp³-hybridized carbons (Fsp3) is 0.375. The molecule has 0 bridgehead atoms. The monoisotopic (exact) mass is 489 g/mol. The van der Waals surface area contributed by atoms with Crippen molar-refractivity contribution in [1.29, 1.82) is 0 Å². The Hall–Kier alpha value is -3.24. The molecule has 0 aliphatic rings. The Morgan fingerprint density at radius 3 is 2.06 bits per heavy atom. The summed E-state index contributed by atoms with van der Waals surface area (Å²) in [7, 11) is -3.64. The predicted octanol–water partition coefficient (Wildman–Crippen LogP) is 2.63. The van der Waals surface area contributed by atoms with Crippen molar-refractivity contribution >= 4 is 33.5 Å². The molecule has 184 valence electrons. The molecule has 0 heterocycles. The van der Waals surface area contributed by atoms with Gasteiger partial charge in [0.2, 0.25) is 15.9 Å². The predicted molar refractivity (Wildman–Crippen MR) is 129 cm³/mol. The van der Waals surface area contributed by atoms with Crippen LogP contribution >= 0.6 is 0 Å². The summed E-state index contributed by atoms with van der Waals surface area (Å²) in [4.78, 5) is 36.9. The zero-order chi connectivity index (χ0) is 25.5. The Bertz CT molecular complexity index is 1120. The number of esters is 1. The van der Waals surface area contributed by atoms with Crippen LogP contribution in [0.15, 0.2) is 47.4 Å². The van der Waals surface area contributed by atoms with Crippen molar-refractivity contribution < 1.29 is 27.5 Å². The maximum atomic E-state index is 12.5. The minimum Gasteiger partial charge on any atom is -0.449 e. The zero-order valence-electron chi connectivity index (χ0n) is 20.0. The van der Waals surface area contributed by atoms with Gasteiger partial charge in [0.1, 0.15) is 0 Å². The summed E-state index contributed by atoms with van der Waals surface area (Å²) < 4.78 is 31.6. The molecule has 1 unspecified atom stereocenters. The molecule has 0 aromatic heterocycles. The second-order valence-corrected chi connectivity index (χ2v) is 9.63. The molecule has 0 saturated carbocycles. The van der Waals surface area contributed by atoms with Crippen LogP contribution in [0.25, 0.3) is 0 Å². The molecule has 0 saturated heterocycles. The third-order valence-electron chi connectivity index (χ3n) is 5.25. The lowest BCUT2D eigenvalue weighted by Gasteiger charge is -2.18. The molecule has 0 fully saturated rings. The topological polar surface area (TPSA) is 122 Å². The van der Waals surface area contributed by atoms with Gasteiger partial charge in [0, 0.05) is 18.8 Å². The summed E-state index contributed by atoms with van der Waals surface area (Å²) in [6.45, 7) is 8.99. The van der Waals surface area contributed by atoms with Crippen LogP contribution in [-0.4, -0.2) is 56.2 Å². The number of carbonyl (C=O) groups is 3. The SMILES string of the molecule is CCN(CC)S(=O)(=O)c1ccc(C(=O)OC(C)C(=O)NCC(=O)Nc2c(C)cccc2C)cc1. The highest BCUT2D eigenvalue weighted by Crippen LogP contribution is 2.19. The first-order valence-corrected chi connectivity index (χ1v) is 12.4. The third-order valence-corrected chi connectivity index (χ3v) is 7.32. The van der Waals surface area contributed by atoms with E-state index in [1.807, 2.05) is 32.0 Å². The molecule has 0 spiro atoms. The van der Waals surface area contributed by atoms with Gasteiger partial charge in [-0.25, -0.2) is 13.2 Å². The quantitative estimate of drug-likeness (QED) is 0.495. The van der Waals surface area contributed by atoms with Crippen molar-refractivity contribution in [3.8, 4) is 0 Å². The number of nitrogens with one attached hydrogen (secondary N) is 2. The first kappa shape index (κ1) is 27.0. The Morgan fingerprint density at radius 1 is 0.971 bits per heavy atom. The number of rotatable bonds is 10. The molecule has 2 amide bonds. The zero-order valence-corrected chi connectivity index (χ0v) is 20.9. The summed E-state index contributed by atoms with van der Waals surface area (Å²) >= 11 is 0. The largest absolute Gasteiger partial charge is 0.449 e. The van der Waals surface area contributed by atoms with Crippen molar-refractivity contribution in [1.82, 2.24) is 9.62 Å². The van der Waals surface area contributed by atoms with Crippen LogP contribution in [-0.2, 0) is 24.3 Å². The summed E-state index contributed by atoms with van der Waals surface area (Å²) in [5.74, 6) is -1.82. The van der Waals surface area contributed by atoms with Crippen molar-refractivity contribution in [2.75, 3.05) is 25.0 Å². The standard InChI is InChI=1S/C24H31N3O6S/c1-6-27(7-2)34(31,32)20-13-11-19(12-14-20)24(30)33-18(5)23(29)25-15-21(28)26-22-16(3)9-8-10-17(22)4/h8-14,18H,6-7,15H2,1-5H3,(H,25,29)(H,26,28). The number of nitrogens with zero attached hydrogens (tertiary/aromatic N) is 1. The lowest BCUT2D eigenvalue weighted by atomic mass is 10.1. The van der Waals surface area contributed by atoms with Crippen LogP contribution < -0.4 is 10.6 Å². The second-order valence-electron chi connectivity index (χ2n) is 7.69. The van der Waals surface area contributed by atoms with Crippen LogP contribution in [0.2, 0.25) is 0 Å². The Balaban J connectivity index is 1.92. The van der Waals surface area contributed by atoms with Crippen molar-refractivity contribution in [3.63, 3.8) is 0 Å². The van der Waals surface area contributed by atoms with E-state index >= 15 is 0 Å². The van der Waals surface area contributed by atoms with Gasteiger partial charge in [0.25, 0.3) is 5.91 Å². The first-order chi connectivity index (χ1) is 16.0. The van der Waals surface area contributed by atoms with E-state index < -0.39 is 33.9 Å². The van der Waals surface area contributed by atoms with Crippen molar-refractivity contribution in [2.24, 2.45) is 0 Å². The number of sulfonamides is 1. The molecule has 10 heteroatoms. The fourth-order valence-electron chi connectivity index (χ4n) is 3.26. The van der Waals surface area contributed by atoms with E-state index in [0.29, 0.717) is 18.8 Å². The summed E-state index contributed by atoms with van der Waals surface area (Å²) in [5, 5.41) is 5.20. The fourth-order valence-corrected chi connectivity index (χ4v) is 4.72. The number of benzene rings is 2. The summed E-state index contributed by atoms with van der Waals surface area (Å²) in [6.07, 6.45) is -1.15. The van der Waals surface area contributed by atoms with Crippen LogP contribution in [0, 0.1) is 13.8 Å². The molecule has 0 aliphatic carbocycles. The second kappa shape index (κ2) is 11.8. The number of anilines is 1. The van der Waals surface area contributed by atoms with Gasteiger partial charge in [-0.15, -0.1) is 0 Å². The van der Waals surface area contributed by atoms with Gasteiger partial charge < -0.3 is 15.4 Å². The highest BCUT2D eigenvalue weighted by molar-refractivity contribution is 7.89. The van der Waals surface area contributed by atoms with Gasteiger partial charge in [0.15, 0.2) is 6.10 Å². The van der Waals surface area contributed by atoms with Gasteiger partial charge in [-0.2, -0.15) is 4.31 Å². The number of aryl methyl sites for hydroxylation is 2. The van der Waals surface area contributed by atoms with Crippen LogP contribution in [0.3, 0.4) is 0 Å². The number of hydrogen-bond acceptors (Lipinski definition) is 6. The molecular weight excluding hydrogens is 458 g/mol. The van der Waals surface area contributed by atoms with E-state index in [1.165, 1.54) is 35.5 Å². The number of ether oxygens (including phenoxy) is 1. The van der Waals surface area contributed by atoms with E-state index in [-0.39, 0.29) is 17.0 Å². The van der Waals surface area contributed by atoms with Crippen LogP contribution in [0.4, 0.5) is 5.69 Å². The van der Waals surface area contributed by atoms with Crippen LogP contribution in [0.5, 0.6) is 0 Å². The molecule has 2 aromatic carbocycles. The van der Waals surface area contributed by atoms with Crippen molar-refractivity contribution in [2.45, 2.75) is 45.6 Å². The molecule has 34 heavy (non-hydrogen) atoms. The van der Waals surface area contributed by atoms with E-state index in [2.05, 4.69) is 10.6 Å². The molecule has 2 rings (SSSR count). The van der Waals surface area contributed by atoms with E-state index in [0.717, 1.165) is 11.1 Å². The molecule has 2 aromatic rings. The normalized spacial score (nSPS) is 12.2.